The molecule has 0 heterocycles. The van der Waals surface area contributed by atoms with E-state index in [2.05, 4.69) is 15.6 Å². The van der Waals surface area contributed by atoms with Gasteiger partial charge in [0.1, 0.15) is 4.90 Å². The molecule has 0 aromatic heterocycles. The van der Waals surface area contributed by atoms with E-state index < -0.39 is 10.0 Å². The van der Waals surface area contributed by atoms with Gasteiger partial charge in [0.05, 0.1) is 5.02 Å². The van der Waals surface area contributed by atoms with Crippen molar-refractivity contribution in [3.8, 4) is 0 Å². The summed E-state index contributed by atoms with van der Waals surface area (Å²) in [6.45, 7) is 2.46. The van der Waals surface area contributed by atoms with Crippen molar-refractivity contribution in [2.75, 3.05) is 0 Å². The van der Waals surface area contributed by atoms with Crippen LogP contribution in [0.2, 0.25) is 10.0 Å². The molecule has 5 nitrogen and oxygen atoms in total. The topological polar surface area (TPSA) is 70.2 Å². The molecule has 0 aliphatic carbocycles. The molecule has 0 amide bonds. The Labute approximate surface area is 156 Å². The minimum atomic E-state index is -3.90. The molecule has 9 heteroatoms. The highest BCUT2D eigenvalue weighted by Crippen LogP contribution is 2.24. The molecule has 2 rings (SSSR count). The van der Waals surface area contributed by atoms with Crippen LogP contribution in [0.4, 0.5) is 0 Å². The Balaban J connectivity index is 1.93. The molecule has 0 fully saturated rings. The molecule has 0 aliphatic rings. The lowest BCUT2D eigenvalue weighted by atomic mass is 10.1. The average molecular weight is 404 g/mol. The van der Waals surface area contributed by atoms with E-state index in [1.807, 2.05) is 31.2 Å². The van der Waals surface area contributed by atoms with Crippen LogP contribution < -0.4 is 15.6 Å². The van der Waals surface area contributed by atoms with Gasteiger partial charge in [-0.25, -0.2) is 8.42 Å². The van der Waals surface area contributed by atoms with E-state index >= 15 is 0 Å². The summed E-state index contributed by atoms with van der Waals surface area (Å²) in [6.07, 6.45) is 0. The Morgan fingerprint density at radius 1 is 1.12 bits per heavy atom. The van der Waals surface area contributed by atoms with Crippen molar-refractivity contribution < 1.29 is 8.42 Å². The summed E-state index contributed by atoms with van der Waals surface area (Å²) in [4.78, 5) is 2.03. The van der Waals surface area contributed by atoms with E-state index in [1.54, 1.807) is 0 Å². The smallest absolute Gasteiger partial charge is 0.258 e. The molecule has 2 aromatic carbocycles. The number of thiocarbonyl (C=S) groups is 1. The van der Waals surface area contributed by atoms with Crippen molar-refractivity contribution in [1.82, 2.24) is 15.6 Å². The van der Waals surface area contributed by atoms with Crippen molar-refractivity contribution in [2.24, 2.45) is 0 Å². The first kappa shape index (κ1) is 19.0. The van der Waals surface area contributed by atoms with Crippen LogP contribution in [-0.2, 0) is 16.6 Å². The van der Waals surface area contributed by atoms with Gasteiger partial charge in [0, 0.05) is 11.6 Å². The molecule has 128 valence electrons. The van der Waals surface area contributed by atoms with Crippen molar-refractivity contribution in [3.63, 3.8) is 0 Å². The maximum absolute atomic E-state index is 12.2. The van der Waals surface area contributed by atoms with Crippen molar-refractivity contribution >= 4 is 50.6 Å². The first-order valence-electron chi connectivity index (χ1n) is 6.84. The normalized spacial score (nSPS) is 11.1. The molecule has 3 N–H and O–H groups in total. The molecule has 0 unspecified atom stereocenters. The quantitative estimate of drug-likeness (QED) is 0.528. The maximum Gasteiger partial charge on any atom is 0.258 e. The SMILES string of the molecule is Cc1ccc(CNC(=S)NNS(=O)(=O)c2cc(Cl)ccc2Cl)cc1. The predicted octanol–water partition coefficient (Wildman–Crippen LogP) is 3.16. The van der Waals surface area contributed by atoms with Crippen LogP contribution in [0.15, 0.2) is 47.4 Å². The number of aryl methyl sites for hydroxylation is 1. The summed E-state index contributed by atoms with van der Waals surface area (Å²) in [7, 11) is -3.90. The van der Waals surface area contributed by atoms with Gasteiger partial charge in [0.2, 0.25) is 0 Å². The Hall–Kier alpha value is -1.38. The molecule has 24 heavy (non-hydrogen) atoms. The van der Waals surface area contributed by atoms with E-state index in [0.29, 0.717) is 6.54 Å². The number of benzene rings is 2. The molecule has 0 bridgehead atoms. The Morgan fingerprint density at radius 2 is 1.79 bits per heavy atom. The molecule has 2 aromatic rings. The van der Waals surface area contributed by atoms with Gasteiger partial charge in [0.15, 0.2) is 5.11 Å². The van der Waals surface area contributed by atoms with E-state index in [0.717, 1.165) is 11.1 Å². The zero-order valence-corrected chi connectivity index (χ0v) is 15.8. The fraction of sp³-hybridized carbons (Fsp3) is 0.133. The van der Waals surface area contributed by atoms with Crippen molar-refractivity contribution in [1.29, 1.82) is 0 Å². The monoisotopic (exact) mass is 403 g/mol. The van der Waals surface area contributed by atoms with Crippen molar-refractivity contribution in [3.05, 3.63) is 63.6 Å². The molecule has 0 saturated heterocycles. The van der Waals surface area contributed by atoms with Crippen LogP contribution in [-0.4, -0.2) is 13.5 Å². The first-order valence-corrected chi connectivity index (χ1v) is 9.49. The van der Waals surface area contributed by atoms with Gasteiger partial charge in [-0.2, -0.15) is 0 Å². The fourth-order valence-corrected chi connectivity index (χ4v) is 3.58. The molecule has 0 spiro atoms. The van der Waals surface area contributed by atoms with E-state index in [4.69, 9.17) is 35.4 Å². The highest BCUT2D eigenvalue weighted by atomic mass is 35.5. The zero-order valence-electron chi connectivity index (χ0n) is 12.6. The van der Waals surface area contributed by atoms with Gasteiger partial charge in [-0.05, 0) is 42.9 Å². The van der Waals surface area contributed by atoms with Crippen LogP contribution in [0.25, 0.3) is 0 Å². The minimum absolute atomic E-state index is 0.0623. The van der Waals surface area contributed by atoms with E-state index in [-0.39, 0.29) is 20.1 Å². The van der Waals surface area contributed by atoms with E-state index in [1.165, 1.54) is 18.2 Å². The lowest BCUT2D eigenvalue weighted by Gasteiger charge is -2.13. The number of hydrogen-bond acceptors (Lipinski definition) is 3. The number of hydrogen-bond donors (Lipinski definition) is 3. The van der Waals surface area contributed by atoms with Crippen LogP contribution >= 0.6 is 35.4 Å². The number of sulfonamides is 1. The Bertz CT molecular complexity index is 840. The summed E-state index contributed by atoms with van der Waals surface area (Å²) < 4.78 is 24.4. The summed E-state index contributed by atoms with van der Waals surface area (Å²) >= 11 is 16.7. The van der Waals surface area contributed by atoms with Gasteiger partial charge in [-0.1, -0.05) is 53.0 Å². The molecule has 0 saturated carbocycles. The van der Waals surface area contributed by atoms with Crippen LogP contribution in [0.5, 0.6) is 0 Å². The zero-order chi connectivity index (χ0) is 17.7. The molecular formula is C15H15Cl2N3O2S2. The second-order valence-electron chi connectivity index (χ2n) is 4.97. The highest BCUT2D eigenvalue weighted by Gasteiger charge is 2.18. The highest BCUT2D eigenvalue weighted by molar-refractivity contribution is 7.89. The van der Waals surface area contributed by atoms with Gasteiger partial charge < -0.3 is 5.32 Å². The Kier molecular flexibility index (Phi) is 6.42. The van der Waals surface area contributed by atoms with Crippen molar-refractivity contribution in [2.45, 2.75) is 18.4 Å². The summed E-state index contributed by atoms with van der Waals surface area (Å²) in [5.74, 6) is 0. The standard InChI is InChI=1S/C15H15Cl2N3O2S2/c1-10-2-4-11(5-3-10)9-18-15(23)19-20-24(21,22)14-8-12(16)6-7-13(14)17/h2-8,20H,9H2,1H3,(H2,18,19,23). The van der Waals surface area contributed by atoms with Gasteiger partial charge in [-0.15, -0.1) is 4.83 Å². The minimum Gasteiger partial charge on any atom is -0.358 e. The molecule has 0 aliphatic heterocycles. The Morgan fingerprint density at radius 3 is 2.46 bits per heavy atom. The molecular weight excluding hydrogens is 389 g/mol. The number of halogens is 2. The van der Waals surface area contributed by atoms with Crippen LogP contribution in [0.3, 0.4) is 0 Å². The van der Waals surface area contributed by atoms with Gasteiger partial charge in [-0.3, -0.25) is 5.43 Å². The second kappa shape index (κ2) is 8.13. The lowest BCUT2D eigenvalue weighted by molar-refractivity contribution is 0.576. The van der Waals surface area contributed by atoms with E-state index in [9.17, 15) is 8.42 Å². The molecule has 0 atom stereocenters. The fourth-order valence-electron chi connectivity index (χ4n) is 1.78. The third-order valence-electron chi connectivity index (χ3n) is 3.06. The average Bonchev–Trinajstić information content (AvgIpc) is 2.54. The predicted molar refractivity (Wildman–Crippen MR) is 101 cm³/mol. The summed E-state index contributed by atoms with van der Waals surface area (Å²) in [5.41, 5.74) is 4.61. The first-order chi connectivity index (χ1) is 11.3. The number of hydrazine groups is 1. The largest absolute Gasteiger partial charge is 0.358 e. The van der Waals surface area contributed by atoms with Gasteiger partial charge >= 0.3 is 0 Å². The summed E-state index contributed by atoms with van der Waals surface area (Å²) in [5, 5.41) is 3.37. The lowest BCUT2D eigenvalue weighted by Crippen LogP contribution is -2.46. The third-order valence-corrected chi connectivity index (χ3v) is 5.27. The number of nitrogens with one attached hydrogen (secondary N) is 3. The maximum atomic E-state index is 12.2. The van der Waals surface area contributed by atoms with Crippen LogP contribution in [0, 0.1) is 6.92 Å². The third kappa shape index (κ3) is 5.32. The van der Waals surface area contributed by atoms with Crippen LogP contribution in [0.1, 0.15) is 11.1 Å². The van der Waals surface area contributed by atoms with Gasteiger partial charge in [0.25, 0.3) is 10.0 Å². The second-order valence-corrected chi connectivity index (χ2v) is 7.88. The summed E-state index contributed by atoms with van der Waals surface area (Å²) in [6, 6.07) is 12.1. The molecule has 0 radical (unpaired) electrons. The number of rotatable bonds is 5.